The number of allylic oxidation sites excluding steroid dienone is 7. The number of carbonyl (C=O) groups excluding carboxylic acids is 1. The molecule has 3 aliphatic carbocycles. The van der Waals surface area contributed by atoms with Crippen molar-refractivity contribution in [3.8, 4) is 0 Å². The van der Waals surface area contributed by atoms with Gasteiger partial charge in [-0.1, -0.05) is 54.7 Å². The van der Waals surface area contributed by atoms with Gasteiger partial charge in [-0.3, -0.25) is 9.59 Å². The molecule has 0 fully saturated rings. The number of hydrogen-bond donors (Lipinski definition) is 2. The van der Waals surface area contributed by atoms with Gasteiger partial charge in [0.1, 0.15) is 17.9 Å². The Kier molecular flexibility index (Phi) is 5.46. The molecule has 5 rings (SSSR count). The lowest BCUT2D eigenvalue weighted by molar-refractivity contribution is -0.137. The number of amides is 1. The molecule has 7 nitrogen and oxygen atoms in total. The number of fused-ring (bicyclic) bond motifs is 4. The molecular formula is C26H24N2O5. The molecule has 2 N–H and O–H groups in total. The van der Waals surface area contributed by atoms with Gasteiger partial charge in [-0.15, -0.1) is 0 Å². The van der Waals surface area contributed by atoms with Crippen LogP contribution in [0.15, 0.2) is 81.7 Å². The first kappa shape index (κ1) is 21.0. The molecule has 0 saturated heterocycles. The summed E-state index contributed by atoms with van der Waals surface area (Å²) in [5.41, 5.74) is 0.956. The number of carboxylic acids is 1. The van der Waals surface area contributed by atoms with Gasteiger partial charge in [-0.05, 0) is 30.3 Å². The van der Waals surface area contributed by atoms with Crippen molar-refractivity contribution in [2.75, 3.05) is 13.1 Å². The van der Waals surface area contributed by atoms with Crippen LogP contribution in [0.4, 0.5) is 0 Å². The average Bonchev–Trinajstić information content (AvgIpc) is 3.23. The van der Waals surface area contributed by atoms with Crippen LogP contribution in [0, 0.1) is 11.8 Å². The predicted octanol–water partition coefficient (Wildman–Crippen LogP) is 3.01. The van der Waals surface area contributed by atoms with Gasteiger partial charge in [-0.25, -0.2) is 4.79 Å². The average molecular weight is 444 g/mol. The molecule has 4 atom stereocenters. The topological polar surface area (TPSA) is 99.8 Å². The summed E-state index contributed by atoms with van der Waals surface area (Å²) in [6.45, 7) is -0.307. The van der Waals surface area contributed by atoms with Gasteiger partial charge in [0.2, 0.25) is 0 Å². The summed E-state index contributed by atoms with van der Waals surface area (Å²) in [6, 6.07) is 1.75. The van der Waals surface area contributed by atoms with Gasteiger partial charge in [-0.2, -0.15) is 0 Å². The molecule has 4 aliphatic rings. The number of carbonyl (C=O) groups is 2. The van der Waals surface area contributed by atoms with Gasteiger partial charge in [0.05, 0.1) is 6.04 Å². The first-order chi connectivity index (χ1) is 16.0. The molecule has 0 aromatic carbocycles. The van der Waals surface area contributed by atoms with E-state index in [-0.39, 0.29) is 35.9 Å². The minimum Gasteiger partial charge on any atom is -0.480 e. The molecule has 0 saturated carbocycles. The lowest BCUT2D eigenvalue weighted by Crippen LogP contribution is -2.39. The smallest absolute Gasteiger partial charge is 0.349 e. The van der Waals surface area contributed by atoms with Gasteiger partial charge >= 0.3 is 11.6 Å². The highest BCUT2D eigenvalue weighted by Crippen LogP contribution is 2.37. The predicted molar refractivity (Wildman–Crippen MR) is 123 cm³/mol. The third-order valence-electron chi connectivity index (χ3n) is 6.55. The van der Waals surface area contributed by atoms with Crippen molar-refractivity contribution in [1.82, 2.24) is 10.2 Å². The van der Waals surface area contributed by atoms with Crippen LogP contribution >= 0.6 is 0 Å². The summed E-state index contributed by atoms with van der Waals surface area (Å²) in [7, 11) is 0. The van der Waals surface area contributed by atoms with Crippen molar-refractivity contribution >= 4 is 18.0 Å². The summed E-state index contributed by atoms with van der Waals surface area (Å²) in [5, 5.41) is 12.7. The maximum Gasteiger partial charge on any atom is 0.349 e. The van der Waals surface area contributed by atoms with Crippen molar-refractivity contribution in [3.05, 3.63) is 99.8 Å². The Morgan fingerprint density at radius 2 is 1.79 bits per heavy atom. The van der Waals surface area contributed by atoms with Crippen LogP contribution in [-0.4, -0.2) is 41.0 Å². The molecule has 1 aromatic heterocycles. The third-order valence-corrected chi connectivity index (χ3v) is 6.55. The summed E-state index contributed by atoms with van der Waals surface area (Å²) >= 11 is 0. The van der Waals surface area contributed by atoms with Crippen molar-refractivity contribution in [2.45, 2.75) is 18.4 Å². The van der Waals surface area contributed by atoms with E-state index in [2.05, 4.69) is 23.5 Å². The second-order valence-corrected chi connectivity index (χ2v) is 8.58. The first-order valence-corrected chi connectivity index (χ1v) is 11.0. The van der Waals surface area contributed by atoms with E-state index < -0.39 is 24.0 Å². The van der Waals surface area contributed by atoms with E-state index in [4.69, 9.17) is 4.42 Å². The second kappa shape index (κ2) is 8.58. The van der Waals surface area contributed by atoms with Crippen molar-refractivity contribution in [3.63, 3.8) is 0 Å². The van der Waals surface area contributed by atoms with Crippen LogP contribution in [0.25, 0.3) is 6.08 Å². The Balaban J connectivity index is 1.39. The Hall–Kier alpha value is -3.87. The lowest BCUT2D eigenvalue weighted by atomic mass is 9.79. The van der Waals surface area contributed by atoms with Crippen LogP contribution in [-0.2, 0) is 4.79 Å². The van der Waals surface area contributed by atoms with Crippen LogP contribution in [0.2, 0.25) is 0 Å². The molecule has 1 amide bonds. The Morgan fingerprint density at radius 1 is 1.03 bits per heavy atom. The largest absolute Gasteiger partial charge is 0.480 e. The molecular weight excluding hydrogens is 420 g/mol. The molecule has 0 radical (unpaired) electrons. The maximum absolute atomic E-state index is 13.3. The number of carboxylic acid groups (broad SMARTS) is 1. The van der Waals surface area contributed by atoms with E-state index >= 15 is 0 Å². The van der Waals surface area contributed by atoms with E-state index in [0.717, 1.165) is 11.1 Å². The number of nitrogens with zero attached hydrogens (tertiary/aromatic N) is 1. The highest BCUT2D eigenvalue weighted by molar-refractivity contribution is 5.95. The number of aliphatic carboxylic acids is 1. The van der Waals surface area contributed by atoms with Gasteiger partial charge in [0.25, 0.3) is 5.91 Å². The summed E-state index contributed by atoms with van der Waals surface area (Å²) in [5.74, 6) is -1.05. The van der Waals surface area contributed by atoms with Crippen LogP contribution < -0.4 is 10.9 Å². The fourth-order valence-electron chi connectivity index (χ4n) is 4.87. The lowest BCUT2D eigenvalue weighted by Gasteiger charge is -2.27. The highest BCUT2D eigenvalue weighted by atomic mass is 16.4. The molecule has 7 heteroatoms. The monoisotopic (exact) mass is 444 g/mol. The molecule has 2 heterocycles. The first-order valence-electron chi connectivity index (χ1n) is 11.0. The molecule has 0 spiro atoms. The molecule has 168 valence electrons. The number of rotatable bonds is 6. The quantitative estimate of drug-likeness (QED) is 0.700. The zero-order chi connectivity index (χ0) is 22.9. The van der Waals surface area contributed by atoms with Gasteiger partial charge < -0.3 is 19.7 Å². The molecule has 33 heavy (non-hydrogen) atoms. The summed E-state index contributed by atoms with van der Waals surface area (Å²) in [6.07, 6.45) is 22.3. The van der Waals surface area contributed by atoms with E-state index in [1.54, 1.807) is 12.1 Å². The molecule has 1 aromatic rings. The molecule has 0 bridgehead atoms. The fourth-order valence-corrected chi connectivity index (χ4v) is 4.87. The number of hydrogen-bond acceptors (Lipinski definition) is 5. The van der Waals surface area contributed by atoms with Gasteiger partial charge in [0.15, 0.2) is 0 Å². The van der Waals surface area contributed by atoms with Crippen molar-refractivity contribution in [1.29, 1.82) is 0 Å². The summed E-state index contributed by atoms with van der Waals surface area (Å²) < 4.78 is 5.47. The van der Waals surface area contributed by atoms with E-state index in [0.29, 0.717) is 12.2 Å². The van der Waals surface area contributed by atoms with Gasteiger partial charge in [0, 0.05) is 29.9 Å². The van der Waals surface area contributed by atoms with Crippen LogP contribution in [0.3, 0.4) is 0 Å². The van der Waals surface area contributed by atoms with Crippen LogP contribution in [0.1, 0.15) is 34.0 Å². The maximum atomic E-state index is 13.3. The Bertz CT molecular complexity index is 1230. The minimum absolute atomic E-state index is 0.0309. The highest BCUT2D eigenvalue weighted by Gasteiger charge is 2.31. The van der Waals surface area contributed by atoms with E-state index in [9.17, 15) is 19.5 Å². The van der Waals surface area contributed by atoms with Crippen molar-refractivity contribution in [2.24, 2.45) is 11.8 Å². The summed E-state index contributed by atoms with van der Waals surface area (Å²) in [4.78, 5) is 38.7. The number of nitrogens with one attached hydrogen (secondary N) is 1. The fraction of sp³-hybridized carbons (Fsp3) is 0.269. The second-order valence-electron chi connectivity index (χ2n) is 8.58. The third kappa shape index (κ3) is 4.02. The Labute approximate surface area is 190 Å². The standard InChI is InChI=1S/C26H24N2O5/c29-24(30)15-28(12-11-17-14-27-22-8-4-3-7-19(17)22)25(31)21-13-20-18-6-2-1-5-16(18)9-10-23(20)33-26(21)32/h1-10,13-14,16,18-19,22,27H,11-12,15H2,(H,29,30). The van der Waals surface area contributed by atoms with E-state index in [1.807, 2.05) is 42.7 Å². The molecule has 1 aliphatic heterocycles. The zero-order valence-electron chi connectivity index (χ0n) is 17.9. The Morgan fingerprint density at radius 3 is 2.61 bits per heavy atom. The zero-order valence-corrected chi connectivity index (χ0v) is 17.9. The van der Waals surface area contributed by atoms with E-state index in [1.165, 1.54) is 4.90 Å². The minimum atomic E-state index is -1.13. The van der Waals surface area contributed by atoms with Crippen molar-refractivity contribution < 1.29 is 19.1 Å². The van der Waals surface area contributed by atoms with Crippen LogP contribution in [0.5, 0.6) is 0 Å². The SMILES string of the molecule is O=C(O)CN(CCC1=CNC2C=CC=CC12)C(=O)c1cc2c(oc1=O)C=CC1C=CC=CC21. The normalized spacial score (nSPS) is 25.6. The molecule has 4 unspecified atom stereocenters.